The van der Waals surface area contributed by atoms with Crippen molar-refractivity contribution < 1.29 is 0 Å². The minimum absolute atomic E-state index is 0.930. The minimum Gasteiger partial charge on any atom is -0.390 e. The molecule has 4 aliphatic rings. The van der Waals surface area contributed by atoms with Crippen LogP contribution in [0.5, 0.6) is 0 Å². The number of allylic oxidation sites excluding steroid dienone is 3. The summed E-state index contributed by atoms with van der Waals surface area (Å²) in [6.07, 6.45) is 45.2. The summed E-state index contributed by atoms with van der Waals surface area (Å²) < 4.78 is 0. The SMILES string of the molecule is C1CCC(CCN2CCCCC2)CC1.C=C/C=C\c1c(CCC)ccc(NC)c1NC.C=C1C=Cc2c(C)ccc(NC)c2N1.C=CN=CN.C=CN=CN.CCCCCCCCCN1CCCCC1. The lowest BCUT2D eigenvalue weighted by Crippen LogP contribution is -2.31. The van der Waals surface area contributed by atoms with Crippen molar-refractivity contribution in [1.82, 2.24) is 9.80 Å². The summed E-state index contributed by atoms with van der Waals surface area (Å²) in [6, 6.07) is 8.51. The van der Waals surface area contributed by atoms with Crippen molar-refractivity contribution in [3.8, 4) is 0 Å². The Bertz CT molecular complexity index is 1760. The standard InChI is InChI=1S/C15H22N2.C14H29N.C13H25N.C12H14N2.2C3H6N2/c1-5-7-9-13-12(8-6-2)10-11-14(16-3)15(13)17-4;1-2-3-4-5-6-7-9-12-15-13-10-8-11-14-15;1-3-7-13(8-4-1)9-12-14-10-5-2-6-11-14;1-8-4-7-11(13-3)12-10(8)6-5-9(2)14-12;2*1-2-5-3-4/h5,7,9-11,16-17H,1,6,8H2,2-4H3;2-14H2,1H3;13H,1-12H2;4-7,13-14H,2H2,1,3H3;2*2-3H,1H2,(H2,4,5)/b9-7-;;;;;. The van der Waals surface area contributed by atoms with Crippen LogP contribution < -0.4 is 32.7 Å². The number of hydrogen-bond acceptors (Lipinski definition) is 8. The molecule has 70 heavy (non-hydrogen) atoms. The fourth-order valence-electron chi connectivity index (χ4n) is 9.27. The first-order chi connectivity index (χ1) is 34.2. The van der Waals surface area contributed by atoms with Gasteiger partial charge in [-0.1, -0.05) is 166 Å². The van der Waals surface area contributed by atoms with E-state index in [0.717, 1.165) is 47.2 Å². The number of hydrogen-bond donors (Lipinski definition) is 6. The monoisotopic (exact) mass is 963 g/mol. The third kappa shape index (κ3) is 28.0. The zero-order chi connectivity index (χ0) is 51.5. The molecule has 392 valence electrons. The van der Waals surface area contributed by atoms with Gasteiger partial charge in [-0.15, -0.1) is 0 Å². The van der Waals surface area contributed by atoms with Gasteiger partial charge in [0.2, 0.25) is 0 Å². The molecule has 1 saturated carbocycles. The number of likely N-dealkylation sites (tertiary alicyclic amines) is 2. The number of nitrogens with two attached hydrogens (primary N) is 2. The van der Waals surface area contributed by atoms with Gasteiger partial charge in [-0.25, -0.2) is 9.98 Å². The van der Waals surface area contributed by atoms with Crippen LogP contribution in [0.25, 0.3) is 12.2 Å². The van der Waals surface area contributed by atoms with Gasteiger partial charge in [-0.3, -0.25) is 0 Å². The molecule has 0 unspecified atom stereocenters. The van der Waals surface area contributed by atoms with Crippen LogP contribution in [0.1, 0.15) is 165 Å². The number of aliphatic imine (C=N–C) groups is 2. The number of benzene rings is 2. The van der Waals surface area contributed by atoms with Crippen LogP contribution in [0.15, 0.2) is 96.9 Å². The van der Waals surface area contributed by atoms with E-state index in [4.69, 9.17) is 11.5 Å². The second-order valence-electron chi connectivity index (χ2n) is 18.5. The number of fused-ring (bicyclic) bond motifs is 1. The Hall–Kier alpha value is -5.06. The Morgan fingerprint density at radius 1 is 0.671 bits per heavy atom. The minimum atomic E-state index is 0.930. The maximum Gasteiger partial charge on any atom is 0.0852 e. The number of unbranched alkanes of at least 4 members (excludes halogenated alkanes) is 6. The van der Waals surface area contributed by atoms with Gasteiger partial charge in [0.05, 0.1) is 35.4 Å². The van der Waals surface area contributed by atoms with Crippen molar-refractivity contribution in [3.05, 3.63) is 109 Å². The van der Waals surface area contributed by atoms with E-state index in [1.54, 1.807) is 6.08 Å². The molecule has 3 heterocycles. The molecule has 2 aromatic carbocycles. The largest absolute Gasteiger partial charge is 0.390 e. The van der Waals surface area contributed by atoms with E-state index in [2.05, 4.69) is 125 Å². The molecule has 2 saturated heterocycles. The highest BCUT2D eigenvalue weighted by Gasteiger charge is 2.16. The van der Waals surface area contributed by atoms with Crippen molar-refractivity contribution >= 4 is 47.6 Å². The zero-order valence-corrected chi connectivity index (χ0v) is 45.4. The van der Waals surface area contributed by atoms with E-state index in [-0.39, 0.29) is 0 Å². The van der Waals surface area contributed by atoms with Gasteiger partial charge in [-0.05, 0) is 126 Å². The summed E-state index contributed by atoms with van der Waals surface area (Å²) >= 11 is 0. The fraction of sp³-hybridized carbons (Fsp3) is 0.567. The smallest absolute Gasteiger partial charge is 0.0852 e. The second kappa shape index (κ2) is 42.8. The van der Waals surface area contributed by atoms with Gasteiger partial charge in [0.1, 0.15) is 0 Å². The molecule has 0 amide bonds. The quantitative estimate of drug-likeness (QED) is 0.0335. The first-order valence-corrected chi connectivity index (χ1v) is 27.1. The summed E-state index contributed by atoms with van der Waals surface area (Å²) in [4.78, 5) is 12.1. The predicted molar refractivity (Wildman–Crippen MR) is 317 cm³/mol. The van der Waals surface area contributed by atoms with Crippen LogP contribution in [0, 0.1) is 12.8 Å². The van der Waals surface area contributed by atoms with E-state index >= 15 is 0 Å². The molecule has 6 rings (SSSR count). The van der Waals surface area contributed by atoms with Crippen LogP contribution in [0.3, 0.4) is 0 Å². The van der Waals surface area contributed by atoms with Crippen LogP contribution in [-0.2, 0) is 6.42 Å². The van der Waals surface area contributed by atoms with Crippen LogP contribution >= 0.6 is 0 Å². The summed E-state index contributed by atoms with van der Waals surface area (Å²) in [5.41, 5.74) is 20.1. The van der Waals surface area contributed by atoms with Crippen molar-refractivity contribution in [2.75, 3.05) is 81.7 Å². The van der Waals surface area contributed by atoms with Gasteiger partial charge in [0.15, 0.2) is 0 Å². The Morgan fingerprint density at radius 2 is 1.23 bits per heavy atom. The summed E-state index contributed by atoms with van der Waals surface area (Å²) in [7, 11) is 5.82. The van der Waals surface area contributed by atoms with E-state index in [1.807, 2.05) is 33.3 Å². The maximum absolute atomic E-state index is 4.78. The lowest BCUT2D eigenvalue weighted by molar-refractivity contribution is 0.201. The van der Waals surface area contributed by atoms with E-state index in [9.17, 15) is 0 Å². The molecule has 0 atom stereocenters. The number of anilines is 4. The van der Waals surface area contributed by atoms with E-state index in [0.29, 0.717) is 0 Å². The number of rotatable bonds is 20. The first kappa shape index (κ1) is 63.0. The molecule has 8 N–H and O–H groups in total. The normalized spacial score (nSPS) is 15.7. The highest BCUT2D eigenvalue weighted by molar-refractivity contribution is 5.86. The second-order valence-corrected chi connectivity index (χ2v) is 18.5. The average molecular weight is 964 g/mol. The topological polar surface area (TPSA) is 131 Å². The molecule has 0 spiro atoms. The van der Waals surface area contributed by atoms with E-state index in [1.165, 1.54) is 209 Å². The Labute approximate surface area is 429 Å². The fourth-order valence-corrected chi connectivity index (χ4v) is 9.27. The predicted octanol–water partition coefficient (Wildman–Crippen LogP) is 14.8. The Kier molecular flexibility index (Phi) is 38.5. The first-order valence-electron chi connectivity index (χ1n) is 27.1. The third-order valence-corrected chi connectivity index (χ3v) is 13.2. The van der Waals surface area contributed by atoms with Gasteiger partial charge >= 0.3 is 0 Å². The number of nitrogens with zero attached hydrogens (tertiary/aromatic N) is 4. The molecule has 10 nitrogen and oxygen atoms in total. The zero-order valence-electron chi connectivity index (χ0n) is 45.4. The van der Waals surface area contributed by atoms with Gasteiger partial charge in [0.25, 0.3) is 0 Å². The molecule has 3 fully saturated rings. The molecule has 3 aliphatic heterocycles. The third-order valence-electron chi connectivity index (χ3n) is 13.2. The molecule has 0 radical (unpaired) electrons. The lowest BCUT2D eigenvalue weighted by atomic mass is 9.87. The number of piperidine rings is 2. The van der Waals surface area contributed by atoms with Crippen LogP contribution in [0.2, 0.25) is 0 Å². The van der Waals surface area contributed by atoms with Gasteiger partial charge in [-0.2, -0.15) is 0 Å². The van der Waals surface area contributed by atoms with Crippen LogP contribution in [-0.4, -0.2) is 82.9 Å². The van der Waals surface area contributed by atoms with Crippen molar-refractivity contribution in [2.45, 2.75) is 156 Å². The van der Waals surface area contributed by atoms with Crippen molar-refractivity contribution in [3.63, 3.8) is 0 Å². The van der Waals surface area contributed by atoms with Crippen molar-refractivity contribution in [2.24, 2.45) is 27.4 Å². The van der Waals surface area contributed by atoms with E-state index < -0.39 is 0 Å². The molecule has 2 aromatic rings. The molecule has 1 aliphatic carbocycles. The number of nitrogens with one attached hydrogen (secondary N) is 4. The van der Waals surface area contributed by atoms with Crippen LogP contribution in [0.4, 0.5) is 22.7 Å². The van der Waals surface area contributed by atoms with Gasteiger partial charge in [0, 0.05) is 50.4 Å². The highest BCUT2D eigenvalue weighted by atomic mass is 15.1. The maximum atomic E-state index is 4.78. The Morgan fingerprint density at radius 3 is 1.74 bits per heavy atom. The summed E-state index contributed by atoms with van der Waals surface area (Å²) in [5, 5.41) is 12.9. The van der Waals surface area contributed by atoms with Crippen molar-refractivity contribution in [1.29, 1.82) is 0 Å². The Balaban J connectivity index is 0.000000438. The number of aryl methyl sites for hydroxylation is 2. The molecular weight excluding hydrogens is 861 g/mol. The highest BCUT2D eigenvalue weighted by Crippen LogP contribution is 2.34. The lowest BCUT2D eigenvalue weighted by Gasteiger charge is -2.29. The molecule has 10 heteroatoms. The molecule has 0 bridgehead atoms. The molecular formula is C60H102N10. The summed E-state index contributed by atoms with van der Waals surface area (Å²) in [5.74, 6) is 1.07. The average Bonchev–Trinajstić information content (AvgIpc) is 3.39. The summed E-state index contributed by atoms with van der Waals surface area (Å²) in [6.45, 7) is 29.0. The molecule has 0 aromatic heterocycles. The van der Waals surface area contributed by atoms with Gasteiger partial charge < -0.3 is 42.5 Å².